The predicted molar refractivity (Wildman–Crippen MR) is 76.4 cm³/mol. The highest BCUT2D eigenvalue weighted by Gasteiger charge is 2.19. The van der Waals surface area contributed by atoms with E-state index in [-0.39, 0.29) is 0 Å². The third-order valence-corrected chi connectivity index (χ3v) is 3.91. The molecule has 1 heterocycles. The van der Waals surface area contributed by atoms with Gasteiger partial charge in [-0.05, 0) is 69.5 Å². The van der Waals surface area contributed by atoms with Gasteiger partial charge in [0.1, 0.15) is 5.75 Å². The lowest BCUT2D eigenvalue weighted by Gasteiger charge is -2.30. The first-order chi connectivity index (χ1) is 8.70. The van der Waals surface area contributed by atoms with E-state index < -0.39 is 0 Å². The molecule has 1 aliphatic rings. The van der Waals surface area contributed by atoms with Crippen molar-refractivity contribution in [2.75, 3.05) is 25.5 Å². The van der Waals surface area contributed by atoms with Crippen LogP contribution in [-0.2, 0) is 0 Å². The maximum atomic E-state index is 5.24. The van der Waals surface area contributed by atoms with Gasteiger partial charge in [0.25, 0.3) is 0 Å². The molecule has 2 rings (SSSR count). The van der Waals surface area contributed by atoms with E-state index in [1.54, 1.807) is 7.11 Å². The number of nitrogens with one attached hydrogen (secondary N) is 2. The number of ether oxygens (including phenoxy) is 1. The first-order valence-electron chi connectivity index (χ1n) is 6.82. The molecule has 1 unspecified atom stereocenters. The summed E-state index contributed by atoms with van der Waals surface area (Å²) in [6.45, 7) is 6.72. The van der Waals surface area contributed by atoms with E-state index in [1.807, 2.05) is 6.07 Å². The van der Waals surface area contributed by atoms with Crippen molar-refractivity contribution in [3.8, 4) is 5.75 Å². The molecule has 0 bridgehead atoms. The standard InChI is InChI=1S/C15H24N2O/c1-11-10-14(18-3)4-5-15(11)17-12(2)13-6-8-16-9-7-13/h4-5,10,12-13,16-17H,6-9H2,1-3H3. The molecule has 0 radical (unpaired) electrons. The molecular weight excluding hydrogens is 224 g/mol. The van der Waals surface area contributed by atoms with Crippen molar-refractivity contribution in [3.63, 3.8) is 0 Å². The fourth-order valence-corrected chi connectivity index (χ4v) is 2.63. The Balaban J connectivity index is 1.99. The number of methoxy groups -OCH3 is 1. The Labute approximate surface area is 110 Å². The average Bonchev–Trinajstić information content (AvgIpc) is 2.42. The fourth-order valence-electron chi connectivity index (χ4n) is 2.63. The molecule has 3 nitrogen and oxygen atoms in total. The van der Waals surface area contributed by atoms with Gasteiger partial charge in [0, 0.05) is 11.7 Å². The summed E-state index contributed by atoms with van der Waals surface area (Å²) >= 11 is 0. The molecule has 18 heavy (non-hydrogen) atoms. The van der Waals surface area contributed by atoms with E-state index in [0.717, 1.165) is 24.8 Å². The second kappa shape index (κ2) is 6.10. The Bertz CT molecular complexity index is 386. The molecule has 2 N–H and O–H groups in total. The van der Waals surface area contributed by atoms with Gasteiger partial charge in [-0.2, -0.15) is 0 Å². The van der Waals surface area contributed by atoms with Crippen molar-refractivity contribution in [3.05, 3.63) is 23.8 Å². The monoisotopic (exact) mass is 248 g/mol. The fraction of sp³-hybridized carbons (Fsp3) is 0.600. The third kappa shape index (κ3) is 3.16. The van der Waals surface area contributed by atoms with E-state index >= 15 is 0 Å². The normalized spacial score (nSPS) is 18.4. The molecule has 0 aromatic heterocycles. The first kappa shape index (κ1) is 13.2. The van der Waals surface area contributed by atoms with Crippen molar-refractivity contribution in [2.45, 2.75) is 32.7 Å². The van der Waals surface area contributed by atoms with Crippen molar-refractivity contribution in [1.29, 1.82) is 0 Å². The van der Waals surface area contributed by atoms with Crippen LogP contribution in [0.2, 0.25) is 0 Å². The van der Waals surface area contributed by atoms with Crippen molar-refractivity contribution in [2.24, 2.45) is 5.92 Å². The summed E-state index contributed by atoms with van der Waals surface area (Å²) in [5.74, 6) is 1.69. The van der Waals surface area contributed by atoms with Crippen LogP contribution in [0.1, 0.15) is 25.3 Å². The largest absolute Gasteiger partial charge is 0.497 e. The Morgan fingerprint density at radius 3 is 2.67 bits per heavy atom. The van der Waals surface area contributed by atoms with Gasteiger partial charge in [0.2, 0.25) is 0 Å². The second-order valence-corrected chi connectivity index (χ2v) is 5.20. The van der Waals surface area contributed by atoms with Gasteiger partial charge in [-0.3, -0.25) is 0 Å². The number of hydrogen-bond acceptors (Lipinski definition) is 3. The molecule has 0 saturated carbocycles. The van der Waals surface area contributed by atoms with E-state index in [0.29, 0.717) is 6.04 Å². The van der Waals surface area contributed by atoms with Gasteiger partial charge in [0.05, 0.1) is 7.11 Å². The van der Waals surface area contributed by atoms with Gasteiger partial charge < -0.3 is 15.4 Å². The van der Waals surface area contributed by atoms with Crippen molar-refractivity contribution >= 4 is 5.69 Å². The molecule has 1 aromatic carbocycles. The van der Waals surface area contributed by atoms with Crippen LogP contribution in [-0.4, -0.2) is 26.2 Å². The number of anilines is 1. The minimum Gasteiger partial charge on any atom is -0.497 e. The predicted octanol–water partition coefficient (Wildman–Crippen LogP) is 2.80. The lowest BCUT2D eigenvalue weighted by Crippen LogP contribution is -2.36. The summed E-state index contributed by atoms with van der Waals surface area (Å²) in [6.07, 6.45) is 2.53. The first-order valence-corrected chi connectivity index (χ1v) is 6.82. The number of benzene rings is 1. The summed E-state index contributed by atoms with van der Waals surface area (Å²) in [6, 6.07) is 6.74. The number of rotatable bonds is 4. The maximum absolute atomic E-state index is 5.24. The van der Waals surface area contributed by atoms with Gasteiger partial charge in [0.15, 0.2) is 0 Å². The van der Waals surface area contributed by atoms with Crippen LogP contribution < -0.4 is 15.4 Å². The zero-order valence-electron chi connectivity index (χ0n) is 11.6. The molecule has 1 fully saturated rings. The Morgan fingerprint density at radius 1 is 1.33 bits per heavy atom. The second-order valence-electron chi connectivity index (χ2n) is 5.20. The van der Waals surface area contributed by atoms with Crippen LogP contribution in [0, 0.1) is 12.8 Å². The SMILES string of the molecule is COc1ccc(NC(C)C2CCNCC2)c(C)c1. The summed E-state index contributed by atoms with van der Waals surface area (Å²) in [5.41, 5.74) is 2.47. The quantitative estimate of drug-likeness (QED) is 0.859. The molecule has 1 aromatic rings. The smallest absolute Gasteiger partial charge is 0.119 e. The van der Waals surface area contributed by atoms with Gasteiger partial charge in [-0.25, -0.2) is 0 Å². The zero-order chi connectivity index (χ0) is 13.0. The topological polar surface area (TPSA) is 33.3 Å². The molecule has 1 saturated heterocycles. The van der Waals surface area contributed by atoms with Crippen LogP contribution in [0.5, 0.6) is 5.75 Å². The zero-order valence-corrected chi connectivity index (χ0v) is 11.6. The number of hydrogen-bond donors (Lipinski definition) is 2. The summed E-state index contributed by atoms with van der Waals surface area (Å²) in [5, 5.41) is 7.06. The van der Waals surface area contributed by atoms with E-state index in [2.05, 4.69) is 36.6 Å². The van der Waals surface area contributed by atoms with Crippen LogP contribution in [0.4, 0.5) is 5.69 Å². The molecule has 1 aliphatic heterocycles. The average molecular weight is 248 g/mol. The number of piperidine rings is 1. The highest BCUT2D eigenvalue weighted by molar-refractivity contribution is 5.54. The highest BCUT2D eigenvalue weighted by atomic mass is 16.5. The minimum atomic E-state index is 0.527. The molecule has 0 spiro atoms. The highest BCUT2D eigenvalue weighted by Crippen LogP contribution is 2.25. The maximum Gasteiger partial charge on any atom is 0.119 e. The molecule has 3 heteroatoms. The van der Waals surface area contributed by atoms with Crippen molar-refractivity contribution < 1.29 is 4.74 Å². The Hall–Kier alpha value is -1.22. The van der Waals surface area contributed by atoms with Crippen LogP contribution in [0.25, 0.3) is 0 Å². The Kier molecular flexibility index (Phi) is 4.48. The van der Waals surface area contributed by atoms with E-state index in [1.165, 1.54) is 24.1 Å². The molecule has 0 aliphatic carbocycles. The lowest BCUT2D eigenvalue weighted by molar-refractivity contribution is 0.343. The van der Waals surface area contributed by atoms with E-state index in [4.69, 9.17) is 4.74 Å². The van der Waals surface area contributed by atoms with Gasteiger partial charge in [-0.15, -0.1) is 0 Å². The Morgan fingerprint density at radius 2 is 2.06 bits per heavy atom. The molecular formula is C15H24N2O. The lowest BCUT2D eigenvalue weighted by atomic mass is 9.91. The molecule has 100 valence electrons. The summed E-state index contributed by atoms with van der Waals surface area (Å²) < 4.78 is 5.24. The molecule has 0 amide bonds. The summed E-state index contributed by atoms with van der Waals surface area (Å²) in [7, 11) is 1.71. The number of aryl methyl sites for hydroxylation is 1. The minimum absolute atomic E-state index is 0.527. The summed E-state index contributed by atoms with van der Waals surface area (Å²) in [4.78, 5) is 0. The van der Waals surface area contributed by atoms with Gasteiger partial charge in [-0.1, -0.05) is 0 Å². The van der Waals surface area contributed by atoms with Crippen LogP contribution in [0.3, 0.4) is 0 Å². The van der Waals surface area contributed by atoms with Gasteiger partial charge >= 0.3 is 0 Å². The van der Waals surface area contributed by atoms with Crippen LogP contribution in [0.15, 0.2) is 18.2 Å². The molecule has 1 atom stereocenters. The van der Waals surface area contributed by atoms with E-state index in [9.17, 15) is 0 Å². The van der Waals surface area contributed by atoms with Crippen molar-refractivity contribution in [1.82, 2.24) is 5.32 Å². The third-order valence-electron chi connectivity index (χ3n) is 3.91. The van der Waals surface area contributed by atoms with Crippen LogP contribution >= 0.6 is 0 Å².